The molecule has 1 aromatic rings. The van der Waals surface area contributed by atoms with Crippen LogP contribution in [-0.2, 0) is 10.0 Å². The van der Waals surface area contributed by atoms with Gasteiger partial charge in [0.1, 0.15) is 0 Å². The Bertz CT molecular complexity index is 521. The summed E-state index contributed by atoms with van der Waals surface area (Å²) < 4.78 is 27.8. The van der Waals surface area contributed by atoms with Crippen LogP contribution in [0.3, 0.4) is 0 Å². The van der Waals surface area contributed by atoms with Crippen molar-refractivity contribution in [1.29, 1.82) is 0 Å². The van der Waals surface area contributed by atoms with Gasteiger partial charge < -0.3 is 5.32 Å². The van der Waals surface area contributed by atoms with Crippen molar-refractivity contribution in [1.82, 2.24) is 10.0 Å². The number of aryl methyl sites for hydroxylation is 2. The van der Waals surface area contributed by atoms with Crippen LogP contribution in [0.25, 0.3) is 0 Å². The summed E-state index contributed by atoms with van der Waals surface area (Å²) in [5, 5.41) is 2.98. The molecule has 0 aliphatic carbocycles. The van der Waals surface area contributed by atoms with E-state index in [1.54, 1.807) is 13.0 Å². The van der Waals surface area contributed by atoms with E-state index in [2.05, 4.69) is 26.0 Å². The Kier molecular flexibility index (Phi) is 8.15. The fourth-order valence-corrected chi connectivity index (χ4v) is 3.43. The maximum atomic E-state index is 12.1. The van der Waals surface area contributed by atoms with Crippen molar-refractivity contribution in [3.05, 3.63) is 27.7 Å². The Balaban J connectivity index is 0.00000324. The van der Waals surface area contributed by atoms with E-state index < -0.39 is 10.0 Å². The second kappa shape index (κ2) is 8.21. The molecular weight excluding hydrogens is 352 g/mol. The van der Waals surface area contributed by atoms with E-state index in [1.165, 1.54) is 0 Å². The smallest absolute Gasteiger partial charge is 0.240 e. The van der Waals surface area contributed by atoms with Crippen molar-refractivity contribution in [2.75, 3.05) is 20.1 Å². The van der Waals surface area contributed by atoms with Crippen molar-refractivity contribution < 1.29 is 8.42 Å². The van der Waals surface area contributed by atoms with Gasteiger partial charge in [0.15, 0.2) is 0 Å². The van der Waals surface area contributed by atoms with Crippen LogP contribution in [0.5, 0.6) is 0 Å². The highest BCUT2D eigenvalue weighted by Gasteiger charge is 2.17. The quantitative estimate of drug-likeness (QED) is 0.755. The standard InChI is InChI=1S/C12H19BrN2O2S.ClH/c1-9-8-12(10(2)7-11(9)13)18(16,17)15-6-4-5-14-3;/h7-8,14-15H,4-6H2,1-3H3;1H. The highest BCUT2D eigenvalue weighted by atomic mass is 79.9. The van der Waals surface area contributed by atoms with E-state index in [0.29, 0.717) is 11.4 Å². The first-order valence-electron chi connectivity index (χ1n) is 5.79. The lowest BCUT2D eigenvalue weighted by molar-refractivity contribution is 0.576. The van der Waals surface area contributed by atoms with Crippen molar-refractivity contribution in [3.8, 4) is 0 Å². The van der Waals surface area contributed by atoms with Crippen molar-refractivity contribution in [2.24, 2.45) is 0 Å². The molecule has 4 nitrogen and oxygen atoms in total. The van der Waals surface area contributed by atoms with Crippen molar-refractivity contribution >= 4 is 38.4 Å². The number of hydrogen-bond acceptors (Lipinski definition) is 3. The first-order valence-corrected chi connectivity index (χ1v) is 8.07. The van der Waals surface area contributed by atoms with Gasteiger partial charge in [-0.1, -0.05) is 15.9 Å². The van der Waals surface area contributed by atoms with Crippen LogP contribution in [-0.4, -0.2) is 28.6 Å². The molecule has 110 valence electrons. The maximum absolute atomic E-state index is 12.1. The SMILES string of the molecule is CNCCCNS(=O)(=O)c1cc(C)c(Br)cc1C.Cl. The van der Waals surface area contributed by atoms with Crippen molar-refractivity contribution in [3.63, 3.8) is 0 Å². The molecule has 2 N–H and O–H groups in total. The summed E-state index contributed by atoms with van der Waals surface area (Å²) >= 11 is 3.40. The molecule has 0 amide bonds. The van der Waals surface area contributed by atoms with E-state index in [0.717, 1.165) is 28.6 Å². The largest absolute Gasteiger partial charge is 0.320 e. The van der Waals surface area contributed by atoms with Crippen LogP contribution in [0.15, 0.2) is 21.5 Å². The predicted octanol–water partition coefficient (Wildman–Crippen LogP) is 2.38. The van der Waals surface area contributed by atoms with Gasteiger partial charge in [-0.3, -0.25) is 0 Å². The number of halogens is 2. The van der Waals surface area contributed by atoms with Crippen LogP contribution in [0, 0.1) is 13.8 Å². The van der Waals surface area contributed by atoms with Gasteiger partial charge in [-0.2, -0.15) is 0 Å². The Morgan fingerprint density at radius 2 is 1.79 bits per heavy atom. The molecule has 1 aromatic carbocycles. The lowest BCUT2D eigenvalue weighted by Crippen LogP contribution is -2.27. The number of nitrogens with one attached hydrogen (secondary N) is 2. The zero-order valence-electron chi connectivity index (χ0n) is 11.3. The molecule has 19 heavy (non-hydrogen) atoms. The van der Waals surface area contributed by atoms with Gasteiger partial charge in [0, 0.05) is 11.0 Å². The molecule has 1 rings (SSSR count). The topological polar surface area (TPSA) is 58.2 Å². The molecule has 0 spiro atoms. The summed E-state index contributed by atoms with van der Waals surface area (Å²) in [7, 11) is -1.57. The number of benzene rings is 1. The van der Waals surface area contributed by atoms with E-state index in [9.17, 15) is 8.42 Å². The molecule has 0 bridgehead atoms. The molecule has 0 saturated carbocycles. The minimum absolute atomic E-state index is 0. The molecular formula is C12H20BrClN2O2S. The van der Waals surface area contributed by atoms with Crippen LogP contribution in [0.1, 0.15) is 17.5 Å². The molecule has 0 aliphatic heterocycles. The molecule has 7 heteroatoms. The number of sulfonamides is 1. The average molecular weight is 372 g/mol. The first kappa shape index (κ1) is 18.9. The van der Waals surface area contributed by atoms with Gasteiger partial charge in [0.05, 0.1) is 4.90 Å². The molecule has 0 saturated heterocycles. The van der Waals surface area contributed by atoms with Crippen LogP contribution >= 0.6 is 28.3 Å². The van der Waals surface area contributed by atoms with E-state index >= 15 is 0 Å². The Morgan fingerprint density at radius 3 is 2.37 bits per heavy atom. The minimum atomic E-state index is -3.41. The lowest BCUT2D eigenvalue weighted by Gasteiger charge is -2.11. The highest BCUT2D eigenvalue weighted by molar-refractivity contribution is 9.10. The Morgan fingerprint density at radius 1 is 1.16 bits per heavy atom. The van der Waals surface area contributed by atoms with Crippen LogP contribution in [0.2, 0.25) is 0 Å². The summed E-state index contributed by atoms with van der Waals surface area (Å²) in [5.41, 5.74) is 1.66. The van der Waals surface area contributed by atoms with Gasteiger partial charge in [-0.25, -0.2) is 13.1 Å². The number of hydrogen-bond donors (Lipinski definition) is 2. The van der Waals surface area contributed by atoms with Crippen molar-refractivity contribution in [2.45, 2.75) is 25.2 Å². The normalized spacial score (nSPS) is 11.2. The molecule has 0 heterocycles. The Labute approximate surface area is 130 Å². The third-order valence-corrected chi connectivity index (χ3v) is 5.10. The second-order valence-corrected chi connectivity index (χ2v) is 6.81. The van der Waals surface area contributed by atoms with Crippen LogP contribution < -0.4 is 10.0 Å². The summed E-state index contributed by atoms with van der Waals surface area (Å²) in [6, 6.07) is 3.53. The average Bonchev–Trinajstić information content (AvgIpc) is 2.29. The molecule has 0 fully saturated rings. The zero-order chi connectivity index (χ0) is 13.8. The fourth-order valence-electron chi connectivity index (χ4n) is 1.59. The summed E-state index contributed by atoms with van der Waals surface area (Å²) in [4.78, 5) is 0.354. The Hall–Kier alpha value is -0.140. The van der Waals surface area contributed by atoms with E-state index in [-0.39, 0.29) is 12.4 Å². The minimum Gasteiger partial charge on any atom is -0.320 e. The van der Waals surface area contributed by atoms with Gasteiger partial charge in [0.2, 0.25) is 10.0 Å². The van der Waals surface area contributed by atoms with E-state index in [4.69, 9.17) is 0 Å². The second-order valence-electron chi connectivity index (χ2n) is 4.22. The number of rotatable bonds is 6. The molecule has 0 atom stereocenters. The van der Waals surface area contributed by atoms with Gasteiger partial charge in [-0.05, 0) is 57.1 Å². The lowest BCUT2D eigenvalue weighted by atomic mass is 10.2. The van der Waals surface area contributed by atoms with Gasteiger partial charge in [-0.15, -0.1) is 12.4 Å². The monoisotopic (exact) mass is 370 g/mol. The third-order valence-electron chi connectivity index (χ3n) is 2.64. The predicted molar refractivity (Wildman–Crippen MR) is 84.6 cm³/mol. The molecule has 0 radical (unpaired) electrons. The van der Waals surface area contributed by atoms with E-state index in [1.807, 2.05) is 20.0 Å². The van der Waals surface area contributed by atoms with Crippen LogP contribution in [0.4, 0.5) is 0 Å². The fraction of sp³-hybridized carbons (Fsp3) is 0.500. The third kappa shape index (κ3) is 5.39. The highest BCUT2D eigenvalue weighted by Crippen LogP contribution is 2.24. The zero-order valence-corrected chi connectivity index (χ0v) is 14.5. The van der Waals surface area contributed by atoms with Gasteiger partial charge >= 0.3 is 0 Å². The summed E-state index contributed by atoms with van der Waals surface area (Å²) in [6.45, 7) is 4.91. The molecule has 0 aromatic heterocycles. The molecule has 0 unspecified atom stereocenters. The first-order chi connectivity index (χ1) is 8.38. The summed E-state index contributed by atoms with van der Waals surface area (Å²) in [5.74, 6) is 0. The maximum Gasteiger partial charge on any atom is 0.240 e. The van der Waals surface area contributed by atoms with Gasteiger partial charge in [0.25, 0.3) is 0 Å². The summed E-state index contributed by atoms with van der Waals surface area (Å²) in [6.07, 6.45) is 0.768. The molecule has 0 aliphatic rings.